The molecule has 2 nitrogen and oxygen atoms in total. The molecule has 0 fully saturated rings. The summed E-state index contributed by atoms with van der Waals surface area (Å²) in [5.41, 5.74) is 0. The smallest absolute Gasteiger partial charge is 0.0189 e. The fourth-order valence-electron chi connectivity index (χ4n) is 0.821. The SMILES string of the molecule is CCNCC(C)N(C)CC. The van der Waals surface area contributed by atoms with Crippen molar-refractivity contribution in [3.05, 3.63) is 0 Å². The summed E-state index contributed by atoms with van der Waals surface area (Å²) in [6, 6.07) is 0.657. The molecular formula is C8H20N2. The molecule has 0 aliphatic carbocycles. The minimum atomic E-state index is 0.657. The van der Waals surface area contributed by atoms with Crippen molar-refractivity contribution in [3.63, 3.8) is 0 Å². The van der Waals surface area contributed by atoms with E-state index in [1.54, 1.807) is 0 Å². The van der Waals surface area contributed by atoms with Crippen molar-refractivity contribution in [1.29, 1.82) is 0 Å². The quantitative estimate of drug-likeness (QED) is 0.617. The van der Waals surface area contributed by atoms with Crippen LogP contribution >= 0.6 is 0 Å². The van der Waals surface area contributed by atoms with Gasteiger partial charge in [-0.25, -0.2) is 0 Å². The van der Waals surface area contributed by atoms with Crippen LogP contribution in [0.1, 0.15) is 20.8 Å². The van der Waals surface area contributed by atoms with Crippen LogP contribution in [0.5, 0.6) is 0 Å². The van der Waals surface area contributed by atoms with Gasteiger partial charge in [0, 0.05) is 12.6 Å². The summed E-state index contributed by atoms with van der Waals surface area (Å²) >= 11 is 0. The van der Waals surface area contributed by atoms with E-state index in [-0.39, 0.29) is 0 Å². The lowest BCUT2D eigenvalue weighted by atomic mass is 10.3. The topological polar surface area (TPSA) is 15.3 Å². The first-order valence-corrected chi connectivity index (χ1v) is 4.13. The van der Waals surface area contributed by atoms with Crippen molar-refractivity contribution in [2.45, 2.75) is 26.8 Å². The third-order valence-electron chi connectivity index (χ3n) is 1.94. The van der Waals surface area contributed by atoms with E-state index in [0.29, 0.717) is 6.04 Å². The summed E-state index contributed by atoms with van der Waals surface area (Å²) in [6.07, 6.45) is 0. The average Bonchev–Trinajstić information content (AvgIpc) is 1.98. The zero-order chi connectivity index (χ0) is 7.98. The van der Waals surface area contributed by atoms with E-state index >= 15 is 0 Å². The van der Waals surface area contributed by atoms with Gasteiger partial charge < -0.3 is 10.2 Å². The van der Waals surface area contributed by atoms with Gasteiger partial charge in [0.1, 0.15) is 0 Å². The van der Waals surface area contributed by atoms with Crippen LogP contribution < -0.4 is 5.32 Å². The van der Waals surface area contributed by atoms with Crippen molar-refractivity contribution in [3.8, 4) is 0 Å². The number of nitrogens with one attached hydrogen (secondary N) is 1. The molecule has 0 rings (SSSR count). The zero-order valence-corrected chi connectivity index (χ0v) is 7.65. The molecule has 0 aromatic rings. The van der Waals surface area contributed by atoms with Crippen molar-refractivity contribution < 1.29 is 0 Å². The van der Waals surface area contributed by atoms with Crippen LogP contribution in [0.2, 0.25) is 0 Å². The Morgan fingerprint density at radius 1 is 1.40 bits per heavy atom. The molecule has 0 heterocycles. The number of hydrogen-bond donors (Lipinski definition) is 1. The van der Waals surface area contributed by atoms with Gasteiger partial charge in [0.2, 0.25) is 0 Å². The van der Waals surface area contributed by atoms with Crippen LogP contribution in [0, 0.1) is 0 Å². The Hall–Kier alpha value is -0.0800. The molecular weight excluding hydrogens is 124 g/mol. The monoisotopic (exact) mass is 144 g/mol. The van der Waals surface area contributed by atoms with Gasteiger partial charge in [-0.15, -0.1) is 0 Å². The van der Waals surface area contributed by atoms with Crippen LogP contribution in [0.3, 0.4) is 0 Å². The molecule has 0 aromatic heterocycles. The van der Waals surface area contributed by atoms with E-state index in [1.165, 1.54) is 0 Å². The molecule has 0 aliphatic heterocycles. The third kappa shape index (κ3) is 3.85. The molecule has 0 spiro atoms. The predicted octanol–water partition coefficient (Wildman–Crippen LogP) is 0.936. The Morgan fingerprint density at radius 2 is 2.00 bits per heavy atom. The summed E-state index contributed by atoms with van der Waals surface area (Å²) in [6.45, 7) is 9.86. The molecule has 1 atom stereocenters. The normalized spacial score (nSPS) is 14.1. The molecule has 0 aromatic carbocycles. The Balaban J connectivity index is 3.31. The van der Waals surface area contributed by atoms with Gasteiger partial charge in [0.15, 0.2) is 0 Å². The van der Waals surface area contributed by atoms with Gasteiger partial charge in [-0.1, -0.05) is 13.8 Å². The van der Waals surface area contributed by atoms with Gasteiger partial charge in [-0.05, 0) is 27.1 Å². The fraction of sp³-hybridized carbons (Fsp3) is 1.00. The second-order valence-electron chi connectivity index (χ2n) is 2.73. The Kier molecular flexibility index (Phi) is 5.64. The number of rotatable bonds is 5. The molecule has 0 saturated carbocycles. The first-order chi connectivity index (χ1) is 4.72. The molecule has 2 heteroatoms. The lowest BCUT2D eigenvalue weighted by Gasteiger charge is -2.22. The van der Waals surface area contributed by atoms with Gasteiger partial charge in [0.05, 0.1) is 0 Å². The molecule has 0 saturated heterocycles. The van der Waals surface area contributed by atoms with Crippen molar-refractivity contribution in [1.82, 2.24) is 10.2 Å². The van der Waals surface area contributed by atoms with Gasteiger partial charge in [-0.3, -0.25) is 0 Å². The van der Waals surface area contributed by atoms with Crippen LogP contribution in [-0.4, -0.2) is 37.6 Å². The predicted molar refractivity (Wildman–Crippen MR) is 46.3 cm³/mol. The summed E-state index contributed by atoms with van der Waals surface area (Å²) in [7, 11) is 2.15. The molecule has 0 bridgehead atoms. The highest BCUT2D eigenvalue weighted by molar-refractivity contribution is 4.63. The molecule has 1 unspecified atom stereocenters. The van der Waals surface area contributed by atoms with Crippen LogP contribution in [0.4, 0.5) is 0 Å². The maximum absolute atomic E-state index is 3.32. The maximum Gasteiger partial charge on any atom is 0.0189 e. The molecule has 0 aliphatic rings. The molecule has 62 valence electrons. The Labute approximate surface area is 64.6 Å². The number of hydrogen-bond acceptors (Lipinski definition) is 2. The second-order valence-corrected chi connectivity index (χ2v) is 2.73. The van der Waals surface area contributed by atoms with Crippen molar-refractivity contribution >= 4 is 0 Å². The van der Waals surface area contributed by atoms with E-state index in [0.717, 1.165) is 19.6 Å². The molecule has 10 heavy (non-hydrogen) atoms. The van der Waals surface area contributed by atoms with Crippen LogP contribution in [0.25, 0.3) is 0 Å². The van der Waals surface area contributed by atoms with Gasteiger partial charge in [0.25, 0.3) is 0 Å². The number of nitrogens with zero attached hydrogens (tertiary/aromatic N) is 1. The van der Waals surface area contributed by atoms with E-state index in [4.69, 9.17) is 0 Å². The molecule has 0 amide bonds. The Morgan fingerprint density at radius 3 is 2.40 bits per heavy atom. The van der Waals surface area contributed by atoms with Crippen molar-refractivity contribution in [2.24, 2.45) is 0 Å². The molecule has 0 radical (unpaired) electrons. The first-order valence-electron chi connectivity index (χ1n) is 4.13. The lowest BCUT2D eigenvalue weighted by Crippen LogP contribution is -2.37. The van der Waals surface area contributed by atoms with Crippen LogP contribution in [-0.2, 0) is 0 Å². The van der Waals surface area contributed by atoms with Gasteiger partial charge >= 0.3 is 0 Å². The highest BCUT2D eigenvalue weighted by Gasteiger charge is 2.04. The Bertz CT molecular complexity index is 73.7. The van der Waals surface area contributed by atoms with E-state index in [9.17, 15) is 0 Å². The van der Waals surface area contributed by atoms with Gasteiger partial charge in [-0.2, -0.15) is 0 Å². The van der Waals surface area contributed by atoms with Crippen molar-refractivity contribution in [2.75, 3.05) is 26.7 Å². The second kappa shape index (κ2) is 5.69. The summed E-state index contributed by atoms with van der Waals surface area (Å²) < 4.78 is 0. The minimum absolute atomic E-state index is 0.657. The minimum Gasteiger partial charge on any atom is -0.315 e. The first kappa shape index (κ1) is 9.92. The van der Waals surface area contributed by atoms with E-state index in [1.807, 2.05) is 0 Å². The van der Waals surface area contributed by atoms with E-state index < -0.39 is 0 Å². The third-order valence-corrected chi connectivity index (χ3v) is 1.94. The fourth-order valence-corrected chi connectivity index (χ4v) is 0.821. The maximum atomic E-state index is 3.32. The summed E-state index contributed by atoms with van der Waals surface area (Å²) in [5, 5.41) is 3.32. The summed E-state index contributed by atoms with van der Waals surface area (Å²) in [4.78, 5) is 2.34. The zero-order valence-electron chi connectivity index (χ0n) is 7.65. The molecule has 1 N–H and O–H groups in total. The summed E-state index contributed by atoms with van der Waals surface area (Å²) in [5.74, 6) is 0. The largest absolute Gasteiger partial charge is 0.315 e. The average molecular weight is 144 g/mol. The van der Waals surface area contributed by atoms with E-state index in [2.05, 4.69) is 38.0 Å². The number of likely N-dealkylation sites (N-methyl/N-ethyl adjacent to an activating group) is 2. The standard InChI is InChI=1S/C8H20N2/c1-5-9-7-8(3)10(4)6-2/h8-9H,5-7H2,1-4H3. The van der Waals surface area contributed by atoms with Crippen LogP contribution in [0.15, 0.2) is 0 Å². The lowest BCUT2D eigenvalue weighted by molar-refractivity contribution is 0.264. The highest BCUT2D eigenvalue weighted by Crippen LogP contribution is 1.91. The highest BCUT2D eigenvalue weighted by atomic mass is 15.1.